The summed E-state index contributed by atoms with van der Waals surface area (Å²) in [4.78, 5) is 29.5. The molecular formula is C29H29N5O4S. The first-order chi connectivity index (χ1) is 19.0. The minimum Gasteiger partial charge on any atom is -0.497 e. The Morgan fingerprint density at radius 3 is 2.49 bits per heavy atom. The quantitative estimate of drug-likeness (QED) is 0.318. The number of aromatic nitrogens is 2. The van der Waals surface area contributed by atoms with E-state index in [0.717, 1.165) is 35.5 Å². The van der Waals surface area contributed by atoms with Gasteiger partial charge in [0.05, 0.1) is 12.9 Å². The fourth-order valence-corrected chi connectivity index (χ4v) is 4.91. The van der Waals surface area contributed by atoms with Gasteiger partial charge in [0.25, 0.3) is 11.1 Å². The third-order valence-corrected chi connectivity index (χ3v) is 7.22. The second kappa shape index (κ2) is 12.0. The molecular weight excluding hydrogens is 514 g/mol. The zero-order valence-corrected chi connectivity index (χ0v) is 22.6. The summed E-state index contributed by atoms with van der Waals surface area (Å²) in [5.41, 5.74) is 4.33. The van der Waals surface area contributed by atoms with Crippen LogP contribution in [-0.4, -0.2) is 66.0 Å². The van der Waals surface area contributed by atoms with Crippen LogP contribution in [0.3, 0.4) is 0 Å². The van der Waals surface area contributed by atoms with Gasteiger partial charge in [-0.25, -0.2) is 0 Å². The van der Waals surface area contributed by atoms with E-state index in [9.17, 15) is 9.59 Å². The van der Waals surface area contributed by atoms with Gasteiger partial charge in [0.2, 0.25) is 11.8 Å². The van der Waals surface area contributed by atoms with Crippen molar-refractivity contribution in [2.75, 3.05) is 49.3 Å². The molecule has 0 saturated carbocycles. The Kier molecular flexibility index (Phi) is 8.12. The van der Waals surface area contributed by atoms with Crippen molar-refractivity contribution in [2.45, 2.75) is 12.1 Å². The van der Waals surface area contributed by atoms with Gasteiger partial charge in [-0.05, 0) is 61.5 Å². The number of nitrogens with one attached hydrogen (secondary N) is 1. The van der Waals surface area contributed by atoms with E-state index in [1.807, 2.05) is 84.6 Å². The molecule has 10 heteroatoms. The molecule has 0 spiro atoms. The number of rotatable bonds is 8. The number of carbonyl (C=O) groups excluding carboxylic acids is 2. The normalized spacial score (nSPS) is 13.3. The standard InChI is InChI=1S/C29H29N5O4S/c1-20-5-3-7-22(17-20)28(36)34-15-13-33(14-16-34)24-11-9-23(10-12-24)30-26(35)19-39-29-32-31-27(38-29)21-6-4-8-25(18-21)37-2/h3-12,17-18H,13-16,19H2,1-2H3,(H,30,35). The summed E-state index contributed by atoms with van der Waals surface area (Å²) < 4.78 is 10.9. The predicted octanol–water partition coefficient (Wildman–Crippen LogP) is 4.75. The molecule has 1 aliphatic heterocycles. The highest BCUT2D eigenvalue weighted by atomic mass is 32.2. The molecule has 0 atom stereocenters. The van der Waals surface area contributed by atoms with E-state index in [0.29, 0.717) is 35.6 Å². The molecule has 39 heavy (non-hydrogen) atoms. The minimum atomic E-state index is -0.169. The summed E-state index contributed by atoms with van der Waals surface area (Å²) in [6.45, 7) is 4.83. The van der Waals surface area contributed by atoms with Crippen LogP contribution in [-0.2, 0) is 4.79 Å². The van der Waals surface area contributed by atoms with Gasteiger partial charge in [-0.15, -0.1) is 10.2 Å². The molecule has 2 heterocycles. The van der Waals surface area contributed by atoms with Crippen LogP contribution in [0.25, 0.3) is 11.5 Å². The lowest BCUT2D eigenvalue weighted by Gasteiger charge is -2.36. The van der Waals surface area contributed by atoms with Crippen molar-refractivity contribution in [1.82, 2.24) is 15.1 Å². The third-order valence-electron chi connectivity index (χ3n) is 6.40. The lowest BCUT2D eigenvalue weighted by atomic mass is 10.1. The molecule has 4 aromatic rings. The number of hydrogen-bond donors (Lipinski definition) is 1. The lowest BCUT2D eigenvalue weighted by Crippen LogP contribution is -2.48. The predicted molar refractivity (Wildman–Crippen MR) is 151 cm³/mol. The van der Waals surface area contributed by atoms with Gasteiger partial charge in [-0.2, -0.15) is 0 Å². The van der Waals surface area contributed by atoms with Crippen molar-refractivity contribution in [3.8, 4) is 17.2 Å². The SMILES string of the molecule is COc1cccc(-c2nnc(SCC(=O)Nc3ccc(N4CCN(C(=O)c5cccc(C)c5)CC4)cc3)o2)c1. The molecule has 200 valence electrons. The van der Waals surface area contributed by atoms with E-state index in [4.69, 9.17) is 9.15 Å². The number of methoxy groups -OCH3 is 1. The van der Waals surface area contributed by atoms with Crippen molar-refractivity contribution in [2.24, 2.45) is 0 Å². The Morgan fingerprint density at radius 1 is 0.974 bits per heavy atom. The van der Waals surface area contributed by atoms with Gasteiger partial charge in [0.1, 0.15) is 5.75 Å². The highest BCUT2D eigenvalue weighted by Crippen LogP contribution is 2.26. The maximum absolute atomic E-state index is 12.8. The number of carbonyl (C=O) groups is 2. The number of hydrogen-bond acceptors (Lipinski definition) is 8. The van der Waals surface area contributed by atoms with Crippen LogP contribution in [0, 0.1) is 6.92 Å². The van der Waals surface area contributed by atoms with E-state index < -0.39 is 0 Å². The van der Waals surface area contributed by atoms with Crippen molar-refractivity contribution < 1.29 is 18.7 Å². The highest BCUT2D eigenvalue weighted by molar-refractivity contribution is 7.99. The maximum atomic E-state index is 12.8. The molecule has 1 fully saturated rings. The molecule has 5 rings (SSSR count). The van der Waals surface area contributed by atoms with Gasteiger partial charge in [0, 0.05) is 48.7 Å². The molecule has 3 aromatic carbocycles. The molecule has 1 saturated heterocycles. The van der Waals surface area contributed by atoms with Crippen LogP contribution < -0.4 is 15.0 Å². The average molecular weight is 544 g/mol. The third kappa shape index (κ3) is 6.58. The number of nitrogens with zero attached hydrogens (tertiary/aromatic N) is 4. The lowest BCUT2D eigenvalue weighted by molar-refractivity contribution is -0.113. The topological polar surface area (TPSA) is 101 Å². The van der Waals surface area contributed by atoms with Crippen LogP contribution in [0.2, 0.25) is 0 Å². The summed E-state index contributed by atoms with van der Waals surface area (Å²) in [5, 5.41) is 11.3. The largest absolute Gasteiger partial charge is 0.497 e. The number of benzene rings is 3. The van der Waals surface area contributed by atoms with Gasteiger partial charge < -0.3 is 24.3 Å². The second-order valence-electron chi connectivity index (χ2n) is 9.14. The van der Waals surface area contributed by atoms with Crippen LogP contribution >= 0.6 is 11.8 Å². The zero-order chi connectivity index (χ0) is 27.2. The van der Waals surface area contributed by atoms with Crippen LogP contribution in [0.15, 0.2) is 82.4 Å². The van der Waals surface area contributed by atoms with Gasteiger partial charge in [0.15, 0.2) is 0 Å². The molecule has 9 nitrogen and oxygen atoms in total. The zero-order valence-electron chi connectivity index (χ0n) is 21.8. The molecule has 0 radical (unpaired) electrons. The first-order valence-electron chi connectivity index (χ1n) is 12.6. The van der Waals surface area contributed by atoms with E-state index in [2.05, 4.69) is 20.4 Å². The summed E-state index contributed by atoms with van der Waals surface area (Å²) in [6, 6.07) is 22.8. The first kappa shape index (κ1) is 26.3. The van der Waals surface area contributed by atoms with Crippen LogP contribution in [0.4, 0.5) is 11.4 Å². The Hall–Kier alpha value is -4.31. The Morgan fingerprint density at radius 2 is 1.74 bits per heavy atom. The summed E-state index contributed by atoms with van der Waals surface area (Å²) >= 11 is 1.18. The number of aryl methyl sites for hydroxylation is 1. The van der Waals surface area contributed by atoms with Crippen LogP contribution in [0.1, 0.15) is 15.9 Å². The number of amides is 2. The van der Waals surface area contributed by atoms with E-state index in [1.165, 1.54) is 11.8 Å². The van der Waals surface area contributed by atoms with Gasteiger partial charge in [-0.1, -0.05) is 35.5 Å². The van der Waals surface area contributed by atoms with E-state index in [1.54, 1.807) is 7.11 Å². The Bertz CT molecular complexity index is 1450. The van der Waals surface area contributed by atoms with Crippen molar-refractivity contribution >= 4 is 35.0 Å². The molecule has 0 unspecified atom stereocenters. The van der Waals surface area contributed by atoms with Crippen molar-refractivity contribution in [3.63, 3.8) is 0 Å². The van der Waals surface area contributed by atoms with E-state index >= 15 is 0 Å². The second-order valence-corrected chi connectivity index (χ2v) is 10.1. The first-order valence-corrected chi connectivity index (χ1v) is 13.6. The Labute approximate surface area is 231 Å². The fraction of sp³-hybridized carbons (Fsp3) is 0.241. The summed E-state index contributed by atoms with van der Waals surface area (Å²) in [7, 11) is 1.60. The summed E-state index contributed by atoms with van der Waals surface area (Å²) in [5.74, 6) is 1.11. The van der Waals surface area contributed by atoms with Crippen LogP contribution in [0.5, 0.6) is 5.75 Å². The van der Waals surface area contributed by atoms with E-state index in [-0.39, 0.29) is 17.6 Å². The maximum Gasteiger partial charge on any atom is 0.277 e. The molecule has 1 aromatic heterocycles. The number of piperazine rings is 1. The number of anilines is 2. The molecule has 1 aliphatic rings. The highest BCUT2D eigenvalue weighted by Gasteiger charge is 2.22. The van der Waals surface area contributed by atoms with Crippen molar-refractivity contribution in [3.05, 3.63) is 83.9 Å². The van der Waals surface area contributed by atoms with Crippen molar-refractivity contribution in [1.29, 1.82) is 0 Å². The molecule has 2 amide bonds. The average Bonchev–Trinajstić information content (AvgIpc) is 3.46. The molecule has 0 aliphatic carbocycles. The van der Waals surface area contributed by atoms with Gasteiger partial charge >= 0.3 is 0 Å². The fourth-order valence-electron chi connectivity index (χ4n) is 4.35. The summed E-state index contributed by atoms with van der Waals surface area (Å²) in [6.07, 6.45) is 0. The van der Waals surface area contributed by atoms with Gasteiger partial charge in [-0.3, -0.25) is 9.59 Å². The minimum absolute atomic E-state index is 0.0753. The Balaban J connectivity index is 1.09. The molecule has 0 bridgehead atoms. The number of thioether (sulfide) groups is 1. The smallest absolute Gasteiger partial charge is 0.277 e. The monoisotopic (exact) mass is 543 g/mol. The molecule has 1 N–H and O–H groups in total. The number of ether oxygens (including phenoxy) is 1.